The summed E-state index contributed by atoms with van der Waals surface area (Å²) < 4.78 is 29.2. The van der Waals surface area contributed by atoms with E-state index in [1.165, 1.54) is 17.0 Å². The standard InChI is InChI=1S/C28H32BrN3O4S/c1-21(2)30-28(34)22(3)31(19-18-23-10-6-4-7-11-23)27(33)20-32(25-16-14-24(29)15-17-25)37(35,36)26-12-8-5-9-13-26/h4-17,21-22H,18-20H2,1-3H3,(H,30,34)/t22-/m0/s1. The Morgan fingerprint density at radius 3 is 2.00 bits per heavy atom. The third kappa shape index (κ3) is 7.66. The molecule has 9 heteroatoms. The van der Waals surface area contributed by atoms with Gasteiger partial charge in [0.05, 0.1) is 10.6 Å². The lowest BCUT2D eigenvalue weighted by Crippen LogP contribution is -2.53. The van der Waals surface area contributed by atoms with Gasteiger partial charge in [-0.15, -0.1) is 0 Å². The number of hydrogen-bond acceptors (Lipinski definition) is 4. The molecule has 1 atom stereocenters. The van der Waals surface area contributed by atoms with Gasteiger partial charge >= 0.3 is 0 Å². The number of nitrogens with one attached hydrogen (secondary N) is 1. The minimum atomic E-state index is -4.06. The van der Waals surface area contributed by atoms with E-state index >= 15 is 0 Å². The molecule has 0 aromatic heterocycles. The molecule has 37 heavy (non-hydrogen) atoms. The third-order valence-corrected chi connectivity index (χ3v) is 8.12. The van der Waals surface area contributed by atoms with E-state index in [9.17, 15) is 18.0 Å². The molecule has 0 aliphatic carbocycles. The molecule has 0 radical (unpaired) electrons. The Hall–Kier alpha value is -3.17. The maximum Gasteiger partial charge on any atom is 0.264 e. The minimum Gasteiger partial charge on any atom is -0.352 e. The van der Waals surface area contributed by atoms with Gasteiger partial charge in [0.25, 0.3) is 10.0 Å². The van der Waals surface area contributed by atoms with E-state index in [1.54, 1.807) is 49.4 Å². The zero-order valence-corrected chi connectivity index (χ0v) is 23.6. The molecule has 3 rings (SSSR count). The fourth-order valence-electron chi connectivity index (χ4n) is 3.83. The summed E-state index contributed by atoms with van der Waals surface area (Å²) in [6.45, 7) is 5.17. The zero-order chi connectivity index (χ0) is 27.0. The van der Waals surface area contributed by atoms with Crippen molar-refractivity contribution in [3.63, 3.8) is 0 Å². The maximum absolute atomic E-state index is 13.8. The molecule has 0 unspecified atom stereocenters. The van der Waals surface area contributed by atoms with Gasteiger partial charge in [-0.1, -0.05) is 64.5 Å². The van der Waals surface area contributed by atoms with Crippen LogP contribution in [0.15, 0.2) is 94.3 Å². The first-order valence-corrected chi connectivity index (χ1v) is 14.3. The van der Waals surface area contributed by atoms with Crippen LogP contribution in [0.2, 0.25) is 0 Å². The largest absolute Gasteiger partial charge is 0.352 e. The average molecular weight is 587 g/mol. The number of rotatable bonds is 11. The highest BCUT2D eigenvalue weighted by Gasteiger charge is 2.32. The fraction of sp³-hybridized carbons (Fsp3) is 0.286. The molecule has 1 N–H and O–H groups in total. The summed E-state index contributed by atoms with van der Waals surface area (Å²) in [5.41, 5.74) is 1.36. The summed E-state index contributed by atoms with van der Waals surface area (Å²) in [6.07, 6.45) is 0.523. The smallest absolute Gasteiger partial charge is 0.264 e. The van der Waals surface area contributed by atoms with Crippen molar-refractivity contribution in [2.24, 2.45) is 0 Å². The topological polar surface area (TPSA) is 86.8 Å². The van der Waals surface area contributed by atoms with Crippen molar-refractivity contribution in [2.75, 3.05) is 17.4 Å². The van der Waals surface area contributed by atoms with E-state index < -0.39 is 28.5 Å². The number of hydrogen-bond donors (Lipinski definition) is 1. The van der Waals surface area contributed by atoms with Crippen LogP contribution in [-0.4, -0.2) is 50.3 Å². The Morgan fingerprint density at radius 1 is 0.865 bits per heavy atom. The molecule has 3 aromatic rings. The van der Waals surface area contributed by atoms with Gasteiger partial charge in [0.2, 0.25) is 11.8 Å². The highest BCUT2D eigenvalue weighted by Crippen LogP contribution is 2.25. The predicted octanol–water partition coefficient (Wildman–Crippen LogP) is 4.63. The lowest BCUT2D eigenvalue weighted by molar-refractivity contribution is -0.139. The van der Waals surface area contributed by atoms with E-state index in [4.69, 9.17) is 0 Å². The Kier molecular flexibility index (Phi) is 9.88. The van der Waals surface area contributed by atoms with Crippen molar-refractivity contribution >= 4 is 43.5 Å². The number of halogens is 1. The van der Waals surface area contributed by atoms with Gasteiger partial charge < -0.3 is 10.2 Å². The molecule has 0 saturated heterocycles. The molecule has 0 fully saturated rings. The number of sulfonamides is 1. The van der Waals surface area contributed by atoms with E-state index in [2.05, 4.69) is 21.2 Å². The molecule has 0 aliphatic rings. The quantitative estimate of drug-likeness (QED) is 0.355. The van der Waals surface area contributed by atoms with E-state index in [0.29, 0.717) is 12.1 Å². The summed E-state index contributed by atoms with van der Waals surface area (Å²) >= 11 is 3.37. The monoisotopic (exact) mass is 585 g/mol. The van der Waals surface area contributed by atoms with Crippen LogP contribution in [0.3, 0.4) is 0 Å². The van der Waals surface area contributed by atoms with Crippen LogP contribution in [0.5, 0.6) is 0 Å². The minimum absolute atomic E-state index is 0.0761. The Balaban J connectivity index is 1.95. The second-order valence-electron chi connectivity index (χ2n) is 8.96. The molecular weight excluding hydrogens is 554 g/mol. The van der Waals surface area contributed by atoms with Crippen LogP contribution in [0, 0.1) is 0 Å². The second-order valence-corrected chi connectivity index (χ2v) is 11.7. The highest BCUT2D eigenvalue weighted by molar-refractivity contribution is 9.10. The lowest BCUT2D eigenvalue weighted by Gasteiger charge is -2.32. The van der Waals surface area contributed by atoms with E-state index in [-0.39, 0.29) is 23.4 Å². The van der Waals surface area contributed by atoms with Gasteiger partial charge in [0, 0.05) is 17.1 Å². The number of carbonyl (C=O) groups is 2. The molecular formula is C28H32BrN3O4S. The summed E-state index contributed by atoms with van der Waals surface area (Å²) in [5, 5.41) is 2.85. The normalized spacial score (nSPS) is 12.1. The van der Waals surface area contributed by atoms with Gasteiger partial charge in [-0.05, 0) is 69.2 Å². The maximum atomic E-state index is 13.8. The Bertz CT molecular complexity index is 1280. The molecule has 3 aromatic carbocycles. The van der Waals surface area contributed by atoms with Gasteiger partial charge in [-0.25, -0.2) is 8.42 Å². The molecule has 0 saturated carbocycles. The van der Waals surface area contributed by atoms with E-state index in [1.807, 2.05) is 44.2 Å². The molecule has 2 amide bonds. The highest BCUT2D eigenvalue weighted by atomic mass is 79.9. The van der Waals surface area contributed by atoms with Crippen LogP contribution in [0.4, 0.5) is 5.69 Å². The molecule has 0 heterocycles. The molecule has 0 spiro atoms. The lowest BCUT2D eigenvalue weighted by atomic mass is 10.1. The van der Waals surface area contributed by atoms with Crippen molar-refractivity contribution in [3.8, 4) is 0 Å². The van der Waals surface area contributed by atoms with Gasteiger partial charge in [0.15, 0.2) is 0 Å². The van der Waals surface area contributed by atoms with Crippen LogP contribution in [0.25, 0.3) is 0 Å². The van der Waals surface area contributed by atoms with Gasteiger partial charge in [0.1, 0.15) is 12.6 Å². The van der Waals surface area contributed by atoms with Crippen molar-refractivity contribution in [1.82, 2.24) is 10.2 Å². The number of benzene rings is 3. The fourth-order valence-corrected chi connectivity index (χ4v) is 5.53. The van der Waals surface area contributed by atoms with Crippen molar-refractivity contribution < 1.29 is 18.0 Å². The summed E-state index contributed by atoms with van der Waals surface area (Å²) in [6, 6.07) is 23.5. The summed E-state index contributed by atoms with van der Waals surface area (Å²) in [5.74, 6) is -0.762. The number of nitrogens with zero attached hydrogens (tertiary/aromatic N) is 2. The predicted molar refractivity (Wildman–Crippen MR) is 150 cm³/mol. The number of anilines is 1. The Morgan fingerprint density at radius 2 is 1.43 bits per heavy atom. The average Bonchev–Trinajstić information content (AvgIpc) is 2.88. The molecule has 196 valence electrons. The summed E-state index contributed by atoms with van der Waals surface area (Å²) in [7, 11) is -4.06. The Labute approximate surface area is 227 Å². The van der Waals surface area contributed by atoms with Gasteiger partial charge in [-0.3, -0.25) is 13.9 Å². The number of carbonyl (C=O) groups excluding carboxylic acids is 2. The van der Waals surface area contributed by atoms with Crippen molar-refractivity contribution in [2.45, 2.75) is 44.2 Å². The molecule has 0 bridgehead atoms. The zero-order valence-electron chi connectivity index (χ0n) is 21.2. The molecule has 0 aliphatic heterocycles. The SMILES string of the molecule is CC(C)NC(=O)[C@H](C)N(CCc1ccccc1)C(=O)CN(c1ccc(Br)cc1)S(=O)(=O)c1ccccc1. The first kappa shape index (κ1) is 28.4. The summed E-state index contributed by atoms with van der Waals surface area (Å²) in [4.78, 5) is 28.2. The van der Waals surface area contributed by atoms with E-state index in [0.717, 1.165) is 14.3 Å². The van der Waals surface area contributed by atoms with Crippen LogP contribution in [-0.2, 0) is 26.0 Å². The third-order valence-electron chi connectivity index (χ3n) is 5.81. The van der Waals surface area contributed by atoms with Gasteiger partial charge in [-0.2, -0.15) is 0 Å². The second kappa shape index (κ2) is 12.9. The van der Waals surface area contributed by atoms with Crippen LogP contribution in [0.1, 0.15) is 26.3 Å². The van der Waals surface area contributed by atoms with Crippen molar-refractivity contribution in [1.29, 1.82) is 0 Å². The molecule has 7 nitrogen and oxygen atoms in total. The number of amides is 2. The first-order chi connectivity index (χ1) is 17.6. The van der Waals surface area contributed by atoms with Crippen molar-refractivity contribution in [3.05, 3.63) is 95.0 Å². The first-order valence-electron chi connectivity index (χ1n) is 12.1. The van der Waals surface area contributed by atoms with Crippen LogP contribution >= 0.6 is 15.9 Å². The van der Waals surface area contributed by atoms with Crippen LogP contribution < -0.4 is 9.62 Å².